The minimum atomic E-state index is -0.307. The number of hydrogen-bond donors (Lipinski definition) is 1. The van der Waals surface area contributed by atoms with Gasteiger partial charge in [0.25, 0.3) is 0 Å². The molecule has 1 heterocycles. The molecular weight excluding hydrogens is 229 g/mol. The third kappa shape index (κ3) is 2.83. The fourth-order valence-corrected chi connectivity index (χ4v) is 2.91. The van der Waals surface area contributed by atoms with Gasteiger partial charge < -0.3 is 5.11 Å². The van der Waals surface area contributed by atoms with E-state index in [1.165, 1.54) is 31.7 Å². The fourth-order valence-electron chi connectivity index (χ4n) is 2.91. The molecule has 1 N–H and O–H groups in total. The van der Waals surface area contributed by atoms with E-state index in [4.69, 9.17) is 0 Å². The maximum absolute atomic E-state index is 13.9. The van der Waals surface area contributed by atoms with E-state index in [1.54, 1.807) is 12.1 Å². The van der Waals surface area contributed by atoms with Gasteiger partial charge in [0.2, 0.25) is 0 Å². The molecule has 1 aromatic rings. The van der Waals surface area contributed by atoms with E-state index in [9.17, 15) is 9.50 Å². The molecule has 0 amide bonds. The molecule has 0 aliphatic carbocycles. The Hall–Kier alpha value is -1.09. The molecule has 2 unspecified atom stereocenters. The van der Waals surface area contributed by atoms with Crippen LogP contribution < -0.4 is 0 Å². The summed E-state index contributed by atoms with van der Waals surface area (Å²) in [5.74, 6) is -0.314. The van der Waals surface area contributed by atoms with Gasteiger partial charge >= 0.3 is 0 Å². The van der Waals surface area contributed by atoms with E-state index in [-0.39, 0.29) is 17.6 Å². The number of phenols is 1. The first kappa shape index (κ1) is 13.3. The fraction of sp³-hybridized carbons (Fsp3) is 0.600. The third-order valence-electron chi connectivity index (χ3n) is 4.04. The molecule has 2 rings (SSSR count). The van der Waals surface area contributed by atoms with Crippen molar-refractivity contribution in [2.75, 3.05) is 6.54 Å². The van der Waals surface area contributed by atoms with Crippen molar-refractivity contribution in [2.24, 2.45) is 0 Å². The molecule has 1 fully saturated rings. The van der Waals surface area contributed by atoms with Crippen LogP contribution in [0.1, 0.15) is 51.1 Å². The van der Waals surface area contributed by atoms with Crippen LogP contribution in [0.4, 0.5) is 4.39 Å². The average Bonchev–Trinajstić information content (AvgIpc) is 2.53. The van der Waals surface area contributed by atoms with Gasteiger partial charge in [0.05, 0.1) is 0 Å². The predicted molar refractivity (Wildman–Crippen MR) is 71.1 cm³/mol. The number of rotatable bonds is 2. The first-order valence-corrected chi connectivity index (χ1v) is 6.83. The monoisotopic (exact) mass is 251 g/mol. The highest BCUT2D eigenvalue weighted by Crippen LogP contribution is 2.30. The maximum atomic E-state index is 13.9. The van der Waals surface area contributed by atoms with Gasteiger partial charge in [-0.3, -0.25) is 4.90 Å². The topological polar surface area (TPSA) is 23.5 Å². The van der Waals surface area contributed by atoms with E-state index in [0.29, 0.717) is 11.6 Å². The van der Waals surface area contributed by atoms with Gasteiger partial charge in [0.1, 0.15) is 11.6 Å². The Kier molecular flexibility index (Phi) is 4.23. The minimum Gasteiger partial charge on any atom is -0.508 e. The van der Waals surface area contributed by atoms with Gasteiger partial charge in [0.15, 0.2) is 0 Å². The zero-order valence-electron chi connectivity index (χ0n) is 11.2. The number of halogens is 1. The molecule has 0 spiro atoms. The molecule has 0 bridgehead atoms. The van der Waals surface area contributed by atoms with Gasteiger partial charge in [-0.1, -0.05) is 18.9 Å². The van der Waals surface area contributed by atoms with Gasteiger partial charge in [-0.15, -0.1) is 0 Å². The van der Waals surface area contributed by atoms with E-state index < -0.39 is 0 Å². The second-order valence-electron chi connectivity index (χ2n) is 5.32. The number of benzene rings is 1. The molecule has 1 saturated heterocycles. The number of hydrogen-bond acceptors (Lipinski definition) is 2. The van der Waals surface area contributed by atoms with Gasteiger partial charge in [0, 0.05) is 23.7 Å². The number of phenolic OH excluding ortho intramolecular Hbond substituents is 1. The third-order valence-corrected chi connectivity index (χ3v) is 4.04. The Morgan fingerprint density at radius 2 is 2.11 bits per heavy atom. The van der Waals surface area contributed by atoms with Crippen LogP contribution in [0, 0.1) is 5.82 Å². The summed E-state index contributed by atoms with van der Waals surface area (Å²) in [6, 6.07) is 5.04. The zero-order valence-corrected chi connectivity index (χ0v) is 11.2. The van der Waals surface area contributed by atoms with Gasteiger partial charge in [-0.05, 0) is 39.3 Å². The second-order valence-corrected chi connectivity index (χ2v) is 5.32. The molecule has 1 aromatic carbocycles. The molecule has 0 aromatic heterocycles. The largest absolute Gasteiger partial charge is 0.508 e. The van der Waals surface area contributed by atoms with Crippen LogP contribution in [0.15, 0.2) is 18.2 Å². The van der Waals surface area contributed by atoms with Crippen LogP contribution in [0.2, 0.25) is 0 Å². The lowest BCUT2D eigenvalue weighted by atomic mass is 10.0. The number of nitrogens with zero attached hydrogens (tertiary/aromatic N) is 1. The average molecular weight is 251 g/mol. The molecule has 2 atom stereocenters. The normalized spacial score (nSPS) is 23.6. The lowest BCUT2D eigenvalue weighted by Crippen LogP contribution is -2.35. The molecule has 1 aliphatic heterocycles. The van der Waals surface area contributed by atoms with Crippen molar-refractivity contribution in [1.29, 1.82) is 0 Å². The zero-order chi connectivity index (χ0) is 13.1. The first-order valence-electron chi connectivity index (χ1n) is 6.83. The smallest absolute Gasteiger partial charge is 0.131 e. The lowest BCUT2D eigenvalue weighted by molar-refractivity contribution is 0.155. The van der Waals surface area contributed by atoms with Crippen LogP contribution in [0.5, 0.6) is 5.75 Å². The molecular formula is C15H22FNO. The van der Waals surface area contributed by atoms with Crippen molar-refractivity contribution in [2.45, 2.75) is 51.6 Å². The molecule has 1 aliphatic rings. The van der Waals surface area contributed by atoms with E-state index in [0.717, 1.165) is 6.54 Å². The molecule has 100 valence electrons. The minimum absolute atomic E-state index is 0.00707. The summed E-state index contributed by atoms with van der Waals surface area (Å²) in [5, 5.41) is 9.27. The first-order chi connectivity index (χ1) is 8.59. The predicted octanol–water partition coefficient (Wildman–Crippen LogP) is 3.86. The van der Waals surface area contributed by atoms with Crippen LogP contribution in [0.3, 0.4) is 0 Å². The summed E-state index contributed by atoms with van der Waals surface area (Å²) < 4.78 is 13.9. The summed E-state index contributed by atoms with van der Waals surface area (Å²) in [6.45, 7) is 5.31. The van der Waals surface area contributed by atoms with E-state index >= 15 is 0 Å². The Morgan fingerprint density at radius 1 is 1.33 bits per heavy atom. The maximum Gasteiger partial charge on any atom is 0.131 e. The highest BCUT2D eigenvalue weighted by atomic mass is 19.1. The highest BCUT2D eigenvalue weighted by molar-refractivity contribution is 5.29. The highest BCUT2D eigenvalue weighted by Gasteiger charge is 2.24. The van der Waals surface area contributed by atoms with Crippen molar-refractivity contribution in [3.8, 4) is 5.75 Å². The molecule has 3 heteroatoms. The lowest BCUT2D eigenvalue weighted by Gasteiger charge is -2.33. The van der Waals surface area contributed by atoms with Crippen LogP contribution in [-0.2, 0) is 0 Å². The number of likely N-dealkylation sites (tertiary alicyclic amines) is 1. The van der Waals surface area contributed by atoms with Gasteiger partial charge in [-0.2, -0.15) is 0 Å². The molecule has 0 radical (unpaired) electrons. The molecule has 18 heavy (non-hydrogen) atoms. The van der Waals surface area contributed by atoms with Crippen LogP contribution >= 0.6 is 0 Å². The van der Waals surface area contributed by atoms with Crippen molar-refractivity contribution < 1.29 is 9.50 Å². The second kappa shape index (κ2) is 5.70. The summed E-state index contributed by atoms with van der Waals surface area (Å²) in [7, 11) is 0. The van der Waals surface area contributed by atoms with Crippen molar-refractivity contribution in [3.63, 3.8) is 0 Å². The Bertz CT molecular complexity index is 407. The quantitative estimate of drug-likeness (QED) is 0.862. The Labute approximate surface area is 108 Å². The summed E-state index contributed by atoms with van der Waals surface area (Å²) in [6.07, 6.45) is 4.91. The summed E-state index contributed by atoms with van der Waals surface area (Å²) in [4.78, 5) is 2.38. The van der Waals surface area contributed by atoms with E-state index in [2.05, 4.69) is 18.7 Å². The van der Waals surface area contributed by atoms with Crippen molar-refractivity contribution >= 4 is 0 Å². The Morgan fingerprint density at radius 3 is 2.83 bits per heavy atom. The van der Waals surface area contributed by atoms with Gasteiger partial charge in [-0.25, -0.2) is 4.39 Å². The number of aromatic hydroxyl groups is 1. The SMILES string of the molecule is CC1CCCCCN1C(C)c1ccc(O)cc1F. The molecule has 2 nitrogen and oxygen atoms in total. The standard InChI is InChI=1S/C15H22FNO/c1-11-6-4-3-5-9-17(11)12(2)14-8-7-13(18)10-15(14)16/h7-8,10-12,18H,3-6,9H2,1-2H3. The Balaban J connectivity index is 2.20. The summed E-state index contributed by atoms with van der Waals surface area (Å²) in [5.41, 5.74) is 0.682. The van der Waals surface area contributed by atoms with Crippen LogP contribution in [0.25, 0.3) is 0 Å². The van der Waals surface area contributed by atoms with E-state index in [1.807, 2.05) is 0 Å². The molecule has 0 saturated carbocycles. The van der Waals surface area contributed by atoms with Crippen molar-refractivity contribution in [1.82, 2.24) is 4.90 Å². The summed E-state index contributed by atoms with van der Waals surface area (Å²) >= 11 is 0. The van der Waals surface area contributed by atoms with Crippen molar-refractivity contribution in [3.05, 3.63) is 29.6 Å². The van der Waals surface area contributed by atoms with Crippen LogP contribution in [-0.4, -0.2) is 22.6 Å².